The minimum atomic E-state index is -4.73. The maximum Gasteiger partial charge on any atom is 0.416 e. The number of nitrogens with zero attached hydrogens (tertiary/aromatic N) is 3. The van der Waals surface area contributed by atoms with Gasteiger partial charge >= 0.3 is 6.18 Å². The van der Waals surface area contributed by atoms with Crippen LogP contribution in [0.4, 0.5) is 13.2 Å². The zero-order valence-corrected chi connectivity index (χ0v) is 20.8. The Morgan fingerprint density at radius 2 is 1.97 bits per heavy atom. The minimum absolute atomic E-state index is 0.0179. The molecule has 0 spiro atoms. The highest BCUT2D eigenvalue weighted by Crippen LogP contribution is 2.33. The molecule has 1 aliphatic rings. The van der Waals surface area contributed by atoms with Gasteiger partial charge in [-0.1, -0.05) is 6.92 Å². The van der Waals surface area contributed by atoms with Crippen molar-refractivity contribution in [2.45, 2.75) is 49.8 Å². The lowest BCUT2D eigenvalue weighted by molar-refractivity contribution is -0.138. The summed E-state index contributed by atoms with van der Waals surface area (Å²) in [6.07, 6.45) is -1.52. The van der Waals surface area contributed by atoms with Gasteiger partial charge in [0.25, 0.3) is 0 Å². The van der Waals surface area contributed by atoms with Gasteiger partial charge in [-0.3, -0.25) is 4.79 Å². The highest BCUT2D eigenvalue weighted by Gasteiger charge is 2.35. The third-order valence-corrected chi connectivity index (χ3v) is 8.31. The summed E-state index contributed by atoms with van der Waals surface area (Å²) in [4.78, 5) is 14.2. The van der Waals surface area contributed by atoms with Crippen LogP contribution in [0.5, 0.6) is 0 Å². The number of carbonyl (C=O) groups is 1. The van der Waals surface area contributed by atoms with Crippen LogP contribution in [-0.2, 0) is 27.5 Å². The van der Waals surface area contributed by atoms with E-state index in [0.717, 1.165) is 25.0 Å². The quantitative estimate of drug-likeness (QED) is 0.550. The van der Waals surface area contributed by atoms with Crippen molar-refractivity contribution in [1.82, 2.24) is 14.2 Å². The molecule has 12 heteroatoms. The van der Waals surface area contributed by atoms with Gasteiger partial charge in [0, 0.05) is 30.3 Å². The van der Waals surface area contributed by atoms with Gasteiger partial charge in [0.1, 0.15) is 17.8 Å². The number of nitrogens with one attached hydrogen (secondary N) is 1. The smallest absolute Gasteiger partial charge is 0.341 e. The SMILES string of the molecule is CC1CCN(C(=O)C(CCn2cccc2C#N)NS(=O)(=O)c2cc(C(F)(F)F)ccc2Br)CC1. The van der Waals surface area contributed by atoms with E-state index in [4.69, 9.17) is 0 Å². The Morgan fingerprint density at radius 1 is 1.29 bits per heavy atom. The van der Waals surface area contributed by atoms with Crippen molar-refractivity contribution in [2.24, 2.45) is 5.92 Å². The second-order valence-electron chi connectivity index (χ2n) is 8.31. The zero-order chi connectivity index (χ0) is 25.1. The molecule has 1 saturated heterocycles. The second-order valence-corrected chi connectivity index (χ2v) is 10.8. The first-order valence-corrected chi connectivity index (χ1v) is 12.9. The molecular weight excluding hydrogens is 537 g/mol. The van der Waals surface area contributed by atoms with E-state index in [-0.39, 0.29) is 17.4 Å². The summed E-state index contributed by atoms with van der Waals surface area (Å²) in [6, 6.07) is 6.37. The average molecular weight is 561 g/mol. The number of halogens is 4. The molecule has 2 heterocycles. The summed E-state index contributed by atoms with van der Waals surface area (Å²) in [5.41, 5.74) is -0.767. The highest BCUT2D eigenvalue weighted by molar-refractivity contribution is 9.10. The average Bonchev–Trinajstić information content (AvgIpc) is 3.23. The van der Waals surface area contributed by atoms with Gasteiger partial charge in [-0.25, -0.2) is 8.42 Å². The standard InChI is InChI=1S/C22H24BrF3N4O3S/c1-15-6-10-30(11-7-15)21(31)19(8-12-29-9-2-3-17(29)14-27)28-34(32,33)20-13-16(22(24,25)26)4-5-18(20)23/h2-5,9,13,15,19,28H,6-8,10-12H2,1H3. The molecule has 1 aromatic carbocycles. The molecule has 184 valence electrons. The van der Waals surface area contributed by atoms with Crippen molar-refractivity contribution in [2.75, 3.05) is 13.1 Å². The predicted octanol–water partition coefficient (Wildman–Crippen LogP) is 4.14. The van der Waals surface area contributed by atoms with Crippen molar-refractivity contribution in [3.63, 3.8) is 0 Å². The summed E-state index contributed by atoms with van der Waals surface area (Å²) in [5.74, 6) is 0.00236. The van der Waals surface area contributed by atoms with Crippen molar-refractivity contribution < 1.29 is 26.4 Å². The molecular formula is C22H24BrF3N4O3S. The molecule has 1 aromatic heterocycles. The molecule has 3 rings (SSSR count). The monoisotopic (exact) mass is 560 g/mol. The van der Waals surface area contributed by atoms with Gasteiger partial charge in [0.05, 0.1) is 10.5 Å². The summed E-state index contributed by atoms with van der Waals surface area (Å²) in [5, 5.41) is 9.21. The number of aromatic nitrogens is 1. The maximum atomic E-state index is 13.3. The summed E-state index contributed by atoms with van der Waals surface area (Å²) >= 11 is 3.01. The molecule has 1 N–H and O–H groups in total. The first-order chi connectivity index (χ1) is 15.9. The molecule has 0 aliphatic carbocycles. The van der Waals surface area contributed by atoms with E-state index < -0.39 is 38.6 Å². The predicted molar refractivity (Wildman–Crippen MR) is 122 cm³/mol. The molecule has 0 radical (unpaired) electrons. The zero-order valence-electron chi connectivity index (χ0n) is 18.3. The number of hydrogen-bond acceptors (Lipinski definition) is 4. The highest BCUT2D eigenvalue weighted by atomic mass is 79.9. The normalized spacial score (nSPS) is 16.3. The number of amides is 1. The van der Waals surface area contributed by atoms with Gasteiger partial charge in [0.15, 0.2) is 0 Å². The van der Waals surface area contributed by atoms with Crippen molar-refractivity contribution in [1.29, 1.82) is 5.26 Å². The fourth-order valence-electron chi connectivity index (χ4n) is 3.80. The topological polar surface area (TPSA) is 95.2 Å². The molecule has 1 unspecified atom stereocenters. The largest absolute Gasteiger partial charge is 0.416 e. The van der Waals surface area contributed by atoms with Gasteiger partial charge in [-0.2, -0.15) is 23.2 Å². The van der Waals surface area contributed by atoms with Crippen LogP contribution in [0, 0.1) is 17.2 Å². The Bertz CT molecular complexity index is 1180. The van der Waals surface area contributed by atoms with E-state index >= 15 is 0 Å². The Morgan fingerprint density at radius 3 is 2.59 bits per heavy atom. The number of sulfonamides is 1. The Balaban J connectivity index is 1.89. The lowest BCUT2D eigenvalue weighted by Gasteiger charge is -2.33. The fourth-order valence-corrected chi connectivity index (χ4v) is 6.01. The molecule has 0 bridgehead atoms. The first-order valence-electron chi connectivity index (χ1n) is 10.7. The lowest BCUT2D eigenvalue weighted by Crippen LogP contribution is -2.51. The number of benzene rings is 1. The molecule has 1 aliphatic heterocycles. The minimum Gasteiger partial charge on any atom is -0.341 e. The van der Waals surface area contributed by atoms with Gasteiger partial charge in [-0.15, -0.1) is 0 Å². The molecule has 1 atom stereocenters. The number of aryl methyl sites for hydroxylation is 1. The van der Waals surface area contributed by atoms with Crippen LogP contribution in [0.2, 0.25) is 0 Å². The molecule has 34 heavy (non-hydrogen) atoms. The summed E-state index contributed by atoms with van der Waals surface area (Å²) < 4.78 is 69.7. The lowest BCUT2D eigenvalue weighted by atomic mass is 9.98. The van der Waals surface area contributed by atoms with Crippen LogP contribution in [0.25, 0.3) is 0 Å². The van der Waals surface area contributed by atoms with Crippen molar-refractivity contribution >= 4 is 31.9 Å². The molecule has 1 amide bonds. The van der Waals surface area contributed by atoms with E-state index in [1.807, 2.05) is 6.07 Å². The summed E-state index contributed by atoms with van der Waals surface area (Å²) in [7, 11) is -4.49. The fraction of sp³-hybridized carbons (Fsp3) is 0.455. The van der Waals surface area contributed by atoms with Crippen LogP contribution in [0.1, 0.15) is 37.4 Å². The van der Waals surface area contributed by atoms with E-state index in [1.165, 1.54) is 0 Å². The number of likely N-dealkylation sites (tertiary alicyclic amines) is 1. The Kier molecular flexibility index (Phi) is 8.10. The molecule has 0 saturated carbocycles. The number of hydrogen-bond donors (Lipinski definition) is 1. The van der Waals surface area contributed by atoms with Gasteiger partial charge < -0.3 is 9.47 Å². The molecule has 7 nitrogen and oxygen atoms in total. The first kappa shape index (κ1) is 26.2. The van der Waals surface area contributed by atoms with Crippen molar-refractivity contribution in [3.05, 3.63) is 52.3 Å². The second kappa shape index (κ2) is 10.5. The number of carbonyl (C=O) groups excluding carboxylic acids is 1. The van der Waals surface area contributed by atoms with Crippen LogP contribution < -0.4 is 4.72 Å². The number of rotatable bonds is 7. The van der Waals surface area contributed by atoms with Gasteiger partial charge in [-0.05, 0) is 71.4 Å². The van der Waals surface area contributed by atoms with Crippen molar-refractivity contribution in [3.8, 4) is 6.07 Å². The number of piperidine rings is 1. The van der Waals surface area contributed by atoms with Crippen LogP contribution >= 0.6 is 15.9 Å². The summed E-state index contributed by atoms with van der Waals surface area (Å²) in [6.45, 7) is 3.18. The van der Waals surface area contributed by atoms with Crippen LogP contribution in [0.3, 0.4) is 0 Å². The van der Waals surface area contributed by atoms with Crippen LogP contribution in [0.15, 0.2) is 45.9 Å². The van der Waals surface area contributed by atoms with Crippen LogP contribution in [-0.4, -0.2) is 42.9 Å². The van der Waals surface area contributed by atoms with Gasteiger partial charge in [0.2, 0.25) is 15.9 Å². The van der Waals surface area contributed by atoms with E-state index in [0.29, 0.717) is 30.8 Å². The number of nitriles is 1. The number of alkyl halides is 3. The molecule has 1 fully saturated rings. The maximum absolute atomic E-state index is 13.3. The van der Waals surface area contributed by atoms with E-state index in [9.17, 15) is 31.6 Å². The van der Waals surface area contributed by atoms with E-state index in [1.54, 1.807) is 27.8 Å². The van der Waals surface area contributed by atoms with E-state index in [2.05, 4.69) is 27.6 Å². The Hall–Kier alpha value is -2.36. The third-order valence-electron chi connectivity index (χ3n) is 5.84. The third kappa shape index (κ3) is 6.20. The molecule has 2 aromatic rings. The Labute approximate surface area is 204 Å².